The Balaban J connectivity index is 2.45. The minimum absolute atomic E-state index is 0.181. The summed E-state index contributed by atoms with van der Waals surface area (Å²) in [7, 11) is 0. The van der Waals surface area contributed by atoms with Crippen molar-refractivity contribution in [2.45, 2.75) is 24.3 Å². The van der Waals surface area contributed by atoms with Gasteiger partial charge in [-0.1, -0.05) is 29.8 Å². The molecule has 0 bridgehead atoms. The van der Waals surface area contributed by atoms with Crippen LogP contribution in [0.2, 0.25) is 0 Å². The summed E-state index contributed by atoms with van der Waals surface area (Å²) in [6, 6.07) is 6.36. The summed E-state index contributed by atoms with van der Waals surface area (Å²) in [4.78, 5) is 0. The second kappa shape index (κ2) is 5.89. The van der Waals surface area contributed by atoms with Gasteiger partial charge < -0.3 is 4.74 Å². The smallest absolute Gasteiger partial charge is 0.124 e. The molecule has 1 aliphatic rings. The van der Waals surface area contributed by atoms with Crippen LogP contribution in [0, 0.1) is 0 Å². The number of hydrogen-bond donors (Lipinski definition) is 0. The van der Waals surface area contributed by atoms with E-state index in [1.165, 1.54) is 5.56 Å². The SMILES string of the molecule is CCSC1(SCC)CCOc2ccc(Br)cc21. The van der Waals surface area contributed by atoms with Gasteiger partial charge in [-0.25, -0.2) is 0 Å². The van der Waals surface area contributed by atoms with Gasteiger partial charge in [0.15, 0.2) is 0 Å². The van der Waals surface area contributed by atoms with Gasteiger partial charge in [0, 0.05) is 16.5 Å². The predicted molar refractivity (Wildman–Crippen MR) is 82.2 cm³/mol. The van der Waals surface area contributed by atoms with Crippen LogP contribution >= 0.6 is 39.5 Å². The van der Waals surface area contributed by atoms with Crippen LogP contribution in [0.5, 0.6) is 5.75 Å². The molecule has 94 valence electrons. The van der Waals surface area contributed by atoms with Crippen molar-refractivity contribution in [3.8, 4) is 5.75 Å². The van der Waals surface area contributed by atoms with Gasteiger partial charge in [0.25, 0.3) is 0 Å². The normalized spacial score (nSPS) is 17.4. The maximum absolute atomic E-state index is 5.78. The zero-order chi connectivity index (χ0) is 12.3. The van der Waals surface area contributed by atoms with Gasteiger partial charge in [0.1, 0.15) is 5.75 Å². The third-order valence-corrected chi connectivity index (χ3v) is 6.35. The molecule has 1 aromatic carbocycles. The van der Waals surface area contributed by atoms with Crippen LogP contribution in [0.15, 0.2) is 22.7 Å². The summed E-state index contributed by atoms with van der Waals surface area (Å²) in [5.74, 6) is 3.33. The van der Waals surface area contributed by atoms with E-state index in [-0.39, 0.29) is 4.08 Å². The molecular weight excluding hydrogens is 316 g/mol. The Labute approximate surface area is 120 Å². The Morgan fingerprint density at radius 1 is 1.29 bits per heavy atom. The maximum Gasteiger partial charge on any atom is 0.124 e. The molecule has 0 aromatic heterocycles. The van der Waals surface area contributed by atoms with Crippen LogP contribution in [-0.4, -0.2) is 18.1 Å². The molecule has 0 N–H and O–H groups in total. The molecule has 0 radical (unpaired) electrons. The van der Waals surface area contributed by atoms with E-state index in [1.54, 1.807) is 0 Å². The number of ether oxygens (including phenoxy) is 1. The van der Waals surface area contributed by atoms with Gasteiger partial charge in [-0.3, -0.25) is 0 Å². The molecule has 0 fully saturated rings. The summed E-state index contributed by atoms with van der Waals surface area (Å²) in [5, 5.41) is 0. The van der Waals surface area contributed by atoms with Gasteiger partial charge >= 0.3 is 0 Å². The first-order valence-corrected chi connectivity index (χ1v) is 8.69. The first-order chi connectivity index (χ1) is 8.22. The fourth-order valence-electron chi connectivity index (χ4n) is 2.16. The largest absolute Gasteiger partial charge is 0.493 e. The second-order valence-corrected chi connectivity index (χ2v) is 8.16. The van der Waals surface area contributed by atoms with Crippen molar-refractivity contribution >= 4 is 39.5 Å². The van der Waals surface area contributed by atoms with Crippen LogP contribution in [0.1, 0.15) is 25.8 Å². The van der Waals surface area contributed by atoms with Crippen molar-refractivity contribution in [1.29, 1.82) is 0 Å². The third-order valence-electron chi connectivity index (χ3n) is 2.80. The van der Waals surface area contributed by atoms with E-state index in [0.29, 0.717) is 0 Å². The molecule has 1 heterocycles. The highest BCUT2D eigenvalue weighted by atomic mass is 79.9. The molecule has 4 heteroatoms. The third kappa shape index (κ3) is 2.79. The van der Waals surface area contributed by atoms with Crippen molar-refractivity contribution in [2.75, 3.05) is 18.1 Å². The molecule has 2 rings (SSSR count). The summed E-state index contributed by atoms with van der Waals surface area (Å²) >= 11 is 7.65. The first-order valence-electron chi connectivity index (χ1n) is 5.92. The van der Waals surface area contributed by atoms with Crippen molar-refractivity contribution < 1.29 is 4.74 Å². The fraction of sp³-hybridized carbons (Fsp3) is 0.538. The van der Waals surface area contributed by atoms with E-state index in [0.717, 1.165) is 34.8 Å². The lowest BCUT2D eigenvalue weighted by Gasteiger charge is -2.37. The summed E-state index contributed by atoms with van der Waals surface area (Å²) in [6.45, 7) is 5.29. The lowest BCUT2D eigenvalue weighted by molar-refractivity contribution is 0.280. The van der Waals surface area contributed by atoms with E-state index < -0.39 is 0 Å². The minimum Gasteiger partial charge on any atom is -0.493 e. The number of fused-ring (bicyclic) bond motifs is 1. The Kier molecular flexibility index (Phi) is 4.72. The van der Waals surface area contributed by atoms with Crippen LogP contribution in [0.4, 0.5) is 0 Å². The predicted octanol–water partition coefficient (Wildman–Crippen LogP) is 4.89. The Bertz CT molecular complexity index is 389. The lowest BCUT2D eigenvalue weighted by atomic mass is 10.1. The quantitative estimate of drug-likeness (QED) is 0.726. The first kappa shape index (κ1) is 13.6. The van der Waals surface area contributed by atoms with Crippen LogP contribution < -0.4 is 4.74 Å². The van der Waals surface area contributed by atoms with Crippen LogP contribution in [0.3, 0.4) is 0 Å². The minimum atomic E-state index is 0.181. The molecule has 1 aromatic rings. The number of thioether (sulfide) groups is 2. The topological polar surface area (TPSA) is 9.23 Å². The summed E-state index contributed by atoms with van der Waals surface area (Å²) in [5.41, 5.74) is 1.34. The molecule has 0 saturated heterocycles. The van der Waals surface area contributed by atoms with E-state index in [2.05, 4.69) is 48.0 Å². The van der Waals surface area contributed by atoms with Crippen LogP contribution in [-0.2, 0) is 4.08 Å². The molecule has 1 nitrogen and oxygen atoms in total. The van der Waals surface area contributed by atoms with Gasteiger partial charge in [-0.2, -0.15) is 0 Å². The van der Waals surface area contributed by atoms with Crippen molar-refractivity contribution in [1.82, 2.24) is 0 Å². The van der Waals surface area contributed by atoms with Crippen molar-refractivity contribution in [2.24, 2.45) is 0 Å². The highest BCUT2D eigenvalue weighted by molar-refractivity contribution is 9.10. The van der Waals surface area contributed by atoms with E-state index >= 15 is 0 Å². The van der Waals surface area contributed by atoms with E-state index in [9.17, 15) is 0 Å². The highest BCUT2D eigenvalue weighted by Gasteiger charge is 2.38. The van der Waals surface area contributed by atoms with Crippen molar-refractivity contribution in [3.63, 3.8) is 0 Å². The summed E-state index contributed by atoms with van der Waals surface area (Å²) < 4.78 is 7.10. The van der Waals surface area contributed by atoms with Crippen molar-refractivity contribution in [3.05, 3.63) is 28.2 Å². The zero-order valence-electron chi connectivity index (χ0n) is 10.2. The second-order valence-electron chi connectivity index (χ2n) is 3.86. The average Bonchev–Trinajstić information content (AvgIpc) is 2.31. The summed E-state index contributed by atoms with van der Waals surface area (Å²) in [6.07, 6.45) is 1.09. The Morgan fingerprint density at radius 2 is 2.00 bits per heavy atom. The Hall–Kier alpha value is 0.200. The van der Waals surface area contributed by atoms with Gasteiger partial charge in [-0.15, -0.1) is 23.5 Å². The number of hydrogen-bond acceptors (Lipinski definition) is 3. The number of halogens is 1. The zero-order valence-corrected chi connectivity index (χ0v) is 13.4. The molecule has 0 amide bonds. The molecular formula is C13H17BrOS2. The highest BCUT2D eigenvalue weighted by Crippen LogP contribution is 2.54. The van der Waals surface area contributed by atoms with Gasteiger partial charge in [0.2, 0.25) is 0 Å². The lowest BCUT2D eigenvalue weighted by Crippen LogP contribution is -2.27. The number of benzene rings is 1. The molecule has 1 aliphatic heterocycles. The number of rotatable bonds is 4. The standard InChI is InChI=1S/C13H17BrOS2/c1-3-16-13(17-4-2)7-8-15-12-6-5-10(14)9-11(12)13/h5-6,9H,3-4,7-8H2,1-2H3. The van der Waals surface area contributed by atoms with Gasteiger partial charge in [-0.05, 0) is 29.7 Å². The van der Waals surface area contributed by atoms with Gasteiger partial charge in [0.05, 0.1) is 10.7 Å². The fourth-order valence-corrected chi connectivity index (χ4v) is 5.58. The monoisotopic (exact) mass is 332 g/mol. The molecule has 0 unspecified atom stereocenters. The average molecular weight is 333 g/mol. The molecule has 17 heavy (non-hydrogen) atoms. The van der Waals surface area contributed by atoms with E-state index in [1.807, 2.05) is 23.5 Å². The Morgan fingerprint density at radius 3 is 2.65 bits per heavy atom. The molecule has 0 aliphatic carbocycles. The molecule has 0 saturated carbocycles. The molecule has 0 atom stereocenters. The van der Waals surface area contributed by atoms with E-state index in [4.69, 9.17) is 4.74 Å². The van der Waals surface area contributed by atoms with Crippen LogP contribution in [0.25, 0.3) is 0 Å². The molecule has 0 spiro atoms. The maximum atomic E-state index is 5.78.